The molecule has 2 N–H and O–H groups in total. The second kappa shape index (κ2) is 8.60. The molecule has 8 nitrogen and oxygen atoms in total. The zero-order valence-corrected chi connectivity index (χ0v) is 16.8. The normalized spacial score (nSPS) is 18.4. The van der Waals surface area contributed by atoms with Crippen LogP contribution in [0.25, 0.3) is 11.3 Å². The number of benzene rings is 1. The van der Waals surface area contributed by atoms with Gasteiger partial charge in [0.2, 0.25) is 0 Å². The SMILES string of the molecule is O=[N+]([O-])c1ccccc1-c1ccc([C@H]2[C@@H](c3ccccn3)NC(=S)N2CCCO)o1. The molecule has 1 fully saturated rings. The molecule has 9 heteroatoms. The number of thiocarbonyl (C=S) groups is 1. The third kappa shape index (κ3) is 3.77. The monoisotopic (exact) mass is 424 g/mol. The lowest BCUT2D eigenvalue weighted by molar-refractivity contribution is -0.384. The van der Waals surface area contributed by atoms with Crippen molar-refractivity contribution in [3.05, 3.63) is 82.4 Å². The molecule has 0 unspecified atom stereocenters. The molecule has 2 aromatic heterocycles. The Balaban J connectivity index is 1.74. The van der Waals surface area contributed by atoms with Crippen LogP contribution in [0.15, 0.2) is 65.2 Å². The van der Waals surface area contributed by atoms with Crippen molar-refractivity contribution >= 4 is 23.0 Å². The lowest BCUT2D eigenvalue weighted by Gasteiger charge is -2.25. The number of furan rings is 1. The van der Waals surface area contributed by atoms with E-state index in [4.69, 9.17) is 16.6 Å². The molecular formula is C21H20N4O4S. The standard InChI is InChI=1S/C21H20N4O4S/c26-13-5-12-24-20(19(23-21(24)30)15-7-3-4-11-22-15)18-10-9-17(29-18)14-6-1-2-8-16(14)25(27)28/h1-4,6-11,19-20,26H,5,12-13H2,(H,23,30)/t19-,20+/m1/s1. The summed E-state index contributed by atoms with van der Waals surface area (Å²) < 4.78 is 6.12. The summed E-state index contributed by atoms with van der Waals surface area (Å²) in [5, 5.41) is 24.6. The molecule has 3 heterocycles. The zero-order valence-electron chi connectivity index (χ0n) is 16.0. The van der Waals surface area contributed by atoms with Gasteiger partial charge in [-0.05, 0) is 49.0 Å². The van der Waals surface area contributed by atoms with Gasteiger partial charge in [0, 0.05) is 25.4 Å². The molecule has 1 aromatic carbocycles. The Kier molecular flexibility index (Phi) is 5.73. The fraction of sp³-hybridized carbons (Fsp3) is 0.238. The van der Waals surface area contributed by atoms with Gasteiger partial charge in [0.25, 0.3) is 5.69 Å². The number of aliphatic hydroxyl groups is 1. The maximum Gasteiger partial charge on any atom is 0.280 e. The van der Waals surface area contributed by atoms with Gasteiger partial charge in [-0.2, -0.15) is 0 Å². The van der Waals surface area contributed by atoms with Crippen LogP contribution in [0.1, 0.15) is 30.0 Å². The van der Waals surface area contributed by atoms with E-state index in [1.54, 1.807) is 30.5 Å². The number of aromatic nitrogens is 1. The first-order chi connectivity index (χ1) is 14.6. The number of rotatable bonds is 7. The molecule has 0 saturated carbocycles. The summed E-state index contributed by atoms with van der Waals surface area (Å²) in [6.07, 6.45) is 2.26. The Morgan fingerprint density at radius 2 is 2.00 bits per heavy atom. The fourth-order valence-corrected chi connectivity index (χ4v) is 4.03. The first-order valence-electron chi connectivity index (χ1n) is 9.52. The van der Waals surface area contributed by atoms with Gasteiger partial charge < -0.3 is 19.7 Å². The Labute approximate surface area is 178 Å². The Bertz CT molecular complexity index is 1060. The fourth-order valence-electron chi connectivity index (χ4n) is 3.69. The molecule has 0 spiro atoms. The third-order valence-corrected chi connectivity index (χ3v) is 5.39. The third-order valence-electron chi connectivity index (χ3n) is 5.04. The number of nitro groups is 1. The molecule has 154 valence electrons. The highest BCUT2D eigenvalue weighted by atomic mass is 32.1. The van der Waals surface area contributed by atoms with E-state index in [1.165, 1.54) is 6.07 Å². The average Bonchev–Trinajstić information content (AvgIpc) is 3.37. The van der Waals surface area contributed by atoms with Gasteiger partial charge in [0.1, 0.15) is 17.6 Å². The number of para-hydroxylation sites is 1. The van der Waals surface area contributed by atoms with Gasteiger partial charge in [-0.15, -0.1) is 0 Å². The second-order valence-corrected chi connectivity index (χ2v) is 7.26. The quantitative estimate of drug-likeness (QED) is 0.337. The van der Waals surface area contributed by atoms with E-state index in [1.807, 2.05) is 29.2 Å². The van der Waals surface area contributed by atoms with Gasteiger partial charge in [0.05, 0.1) is 22.2 Å². The number of nitro benzene ring substituents is 1. The molecule has 3 aromatic rings. The minimum atomic E-state index is -0.423. The highest BCUT2D eigenvalue weighted by Gasteiger charge is 2.41. The summed E-state index contributed by atoms with van der Waals surface area (Å²) in [7, 11) is 0. The largest absolute Gasteiger partial charge is 0.459 e. The maximum atomic E-state index is 11.4. The predicted molar refractivity (Wildman–Crippen MR) is 115 cm³/mol. The lowest BCUT2D eigenvalue weighted by Crippen LogP contribution is -2.30. The molecule has 1 aliphatic heterocycles. The summed E-state index contributed by atoms with van der Waals surface area (Å²) in [4.78, 5) is 17.4. The Hall–Kier alpha value is -3.30. The van der Waals surface area contributed by atoms with Crippen LogP contribution in [0.3, 0.4) is 0 Å². The van der Waals surface area contributed by atoms with Crippen LogP contribution in [-0.4, -0.2) is 38.2 Å². The predicted octanol–water partition coefficient (Wildman–Crippen LogP) is 3.60. The summed E-state index contributed by atoms with van der Waals surface area (Å²) >= 11 is 5.54. The van der Waals surface area contributed by atoms with Crippen LogP contribution in [0.2, 0.25) is 0 Å². The van der Waals surface area contributed by atoms with Crippen LogP contribution in [0.5, 0.6) is 0 Å². The minimum absolute atomic E-state index is 0.0168. The van der Waals surface area contributed by atoms with E-state index in [-0.39, 0.29) is 24.4 Å². The first-order valence-corrected chi connectivity index (χ1v) is 9.93. The van der Waals surface area contributed by atoms with Crippen molar-refractivity contribution in [1.29, 1.82) is 0 Å². The van der Waals surface area contributed by atoms with Crippen LogP contribution in [-0.2, 0) is 0 Å². The van der Waals surface area contributed by atoms with Crippen molar-refractivity contribution in [2.75, 3.05) is 13.2 Å². The highest BCUT2D eigenvalue weighted by molar-refractivity contribution is 7.80. The Morgan fingerprint density at radius 1 is 1.20 bits per heavy atom. The summed E-state index contributed by atoms with van der Waals surface area (Å²) in [6.45, 7) is 0.581. The topological polar surface area (TPSA) is 105 Å². The molecule has 30 heavy (non-hydrogen) atoms. The van der Waals surface area contributed by atoms with E-state index in [0.29, 0.717) is 35.2 Å². The molecule has 4 rings (SSSR count). The number of nitrogens with zero attached hydrogens (tertiary/aromatic N) is 3. The molecule has 0 bridgehead atoms. The van der Waals surface area contributed by atoms with Gasteiger partial charge in [-0.1, -0.05) is 18.2 Å². The molecule has 1 aliphatic rings. The summed E-state index contributed by atoms with van der Waals surface area (Å²) in [5.74, 6) is 1.03. The number of pyridine rings is 1. The Morgan fingerprint density at radius 3 is 2.73 bits per heavy atom. The van der Waals surface area contributed by atoms with E-state index >= 15 is 0 Å². The van der Waals surface area contributed by atoms with Crippen molar-refractivity contribution in [1.82, 2.24) is 15.2 Å². The minimum Gasteiger partial charge on any atom is -0.459 e. The van der Waals surface area contributed by atoms with Crippen LogP contribution in [0, 0.1) is 10.1 Å². The van der Waals surface area contributed by atoms with Gasteiger partial charge >= 0.3 is 0 Å². The smallest absolute Gasteiger partial charge is 0.280 e. The first kappa shape index (κ1) is 20.0. The number of aliphatic hydroxyl groups excluding tert-OH is 1. The van der Waals surface area contributed by atoms with Crippen molar-refractivity contribution in [3.8, 4) is 11.3 Å². The van der Waals surface area contributed by atoms with E-state index in [0.717, 1.165) is 5.69 Å². The second-order valence-electron chi connectivity index (χ2n) is 6.87. The van der Waals surface area contributed by atoms with Crippen molar-refractivity contribution in [3.63, 3.8) is 0 Å². The molecule has 0 amide bonds. The van der Waals surface area contributed by atoms with Gasteiger partial charge in [0.15, 0.2) is 5.11 Å². The molecular weight excluding hydrogens is 404 g/mol. The molecule has 0 aliphatic carbocycles. The maximum absolute atomic E-state index is 11.4. The van der Waals surface area contributed by atoms with Crippen LogP contribution in [0.4, 0.5) is 5.69 Å². The van der Waals surface area contributed by atoms with E-state index in [2.05, 4.69) is 10.3 Å². The van der Waals surface area contributed by atoms with Crippen molar-refractivity contribution in [2.24, 2.45) is 0 Å². The van der Waals surface area contributed by atoms with Gasteiger partial charge in [-0.25, -0.2) is 0 Å². The van der Waals surface area contributed by atoms with Crippen LogP contribution < -0.4 is 5.32 Å². The number of nitrogens with one attached hydrogen (secondary N) is 1. The molecule has 0 radical (unpaired) electrons. The van der Waals surface area contributed by atoms with Crippen LogP contribution >= 0.6 is 12.2 Å². The van der Waals surface area contributed by atoms with Gasteiger partial charge in [-0.3, -0.25) is 15.1 Å². The van der Waals surface area contributed by atoms with E-state index in [9.17, 15) is 15.2 Å². The highest BCUT2D eigenvalue weighted by Crippen LogP contribution is 2.41. The summed E-state index contributed by atoms with van der Waals surface area (Å²) in [6, 6.07) is 15.1. The average molecular weight is 424 g/mol. The van der Waals surface area contributed by atoms with E-state index < -0.39 is 4.92 Å². The molecule has 2 atom stereocenters. The summed E-state index contributed by atoms with van der Waals surface area (Å²) in [5.41, 5.74) is 1.20. The molecule has 1 saturated heterocycles. The lowest BCUT2D eigenvalue weighted by atomic mass is 10.0. The number of hydrogen-bond acceptors (Lipinski definition) is 6. The zero-order chi connectivity index (χ0) is 21.1. The van der Waals surface area contributed by atoms with Crippen molar-refractivity contribution < 1.29 is 14.4 Å². The number of hydrogen-bond donors (Lipinski definition) is 2. The van der Waals surface area contributed by atoms with Crippen molar-refractivity contribution in [2.45, 2.75) is 18.5 Å².